The van der Waals surface area contributed by atoms with Crippen LogP contribution in [0.3, 0.4) is 0 Å². The molecule has 0 atom stereocenters. The molecule has 166 valence electrons. The number of nitro groups is 1. The zero-order chi connectivity index (χ0) is 23.5. The van der Waals surface area contributed by atoms with E-state index in [9.17, 15) is 23.3 Å². The fraction of sp³-hybridized carbons (Fsp3) is 0.136. The SMILES string of the molecule is COc1ccc(NS(=O)(=O)c2cc(NC(=O)c3cccc(C)c3[N+](=O)[O-])ccc2C)cc1. The third kappa shape index (κ3) is 4.86. The molecule has 3 rings (SSSR count). The number of methoxy groups -OCH3 is 1. The Morgan fingerprint density at radius 3 is 2.25 bits per heavy atom. The van der Waals surface area contributed by atoms with Crippen molar-refractivity contribution in [3.63, 3.8) is 0 Å². The smallest absolute Gasteiger partial charge is 0.285 e. The number of para-hydroxylation sites is 1. The van der Waals surface area contributed by atoms with E-state index in [0.29, 0.717) is 22.6 Å². The summed E-state index contributed by atoms with van der Waals surface area (Å²) in [5.41, 5.74) is 0.924. The maximum Gasteiger partial charge on any atom is 0.285 e. The normalized spacial score (nSPS) is 11.0. The molecule has 0 aromatic heterocycles. The molecule has 0 aliphatic rings. The molecule has 1 amide bonds. The number of sulfonamides is 1. The van der Waals surface area contributed by atoms with Crippen molar-refractivity contribution in [2.24, 2.45) is 0 Å². The first kappa shape index (κ1) is 22.8. The van der Waals surface area contributed by atoms with Crippen molar-refractivity contribution in [3.8, 4) is 5.75 Å². The number of anilines is 2. The molecule has 0 saturated carbocycles. The number of ether oxygens (including phenoxy) is 1. The van der Waals surface area contributed by atoms with Crippen molar-refractivity contribution in [1.82, 2.24) is 0 Å². The maximum absolute atomic E-state index is 12.9. The molecule has 9 nitrogen and oxygen atoms in total. The number of nitrogens with zero attached hydrogens (tertiary/aromatic N) is 1. The molecule has 10 heteroatoms. The average Bonchev–Trinajstić information content (AvgIpc) is 2.74. The van der Waals surface area contributed by atoms with E-state index in [1.165, 1.54) is 38.3 Å². The summed E-state index contributed by atoms with van der Waals surface area (Å²) >= 11 is 0. The van der Waals surface area contributed by atoms with E-state index in [1.807, 2.05) is 0 Å². The molecule has 0 spiro atoms. The van der Waals surface area contributed by atoms with E-state index in [4.69, 9.17) is 4.74 Å². The Morgan fingerprint density at radius 2 is 1.62 bits per heavy atom. The summed E-state index contributed by atoms with van der Waals surface area (Å²) in [5.74, 6) is -0.130. The van der Waals surface area contributed by atoms with Crippen LogP contribution in [0.15, 0.2) is 65.6 Å². The van der Waals surface area contributed by atoms with Gasteiger partial charge in [-0.15, -0.1) is 0 Å². The van der Waals surface area contributed by atoms with Crippen molar-refractivity contribution in [2.45, 2.75) is 18.7 Å². The predicted octanol–water partition coefficient (Wildman–Crippen LogP) is 4.27. The fourth-order valence-corrected chi connectivity index (χ4v) is 4.45. The number of rotatable bonds is 7. The van der Waals surface area contributed by atoms with Gasteiger partial charge in [0, 0.05) is 16.9 Å². The highest BCUT2D eigenvalue weighted by molar-refractivity contribution is 7.92. The van der Waals surface area contributed by atoms with Gasteiger partial charge in [0.2, 0.25) is 0 Å². The Hall–Kier alpha value is -3.92. The first-order valence-electron chi connectivity index (χ1n) is 9.45. The molecule has 0 aliphatic heterocycles. The third-order valence-corrected chi connectivity index (χ3v) is 6.27. The van der Waals surface area contributed by atoms with E-state index >= 15 is 0 Å². The molecule has 3 aromatic carbocycles. The second-order valence-corrected chi connectivity index (χ2v) is 8.65. The molecule has 0 saturated heterocycles. The van der Waals surface area contributed by atoms with Gasteiger partial charge in [-0.3, -0.25) is 19.6 Å². The summed E-state index contributed by atoms with van der Waals surface area (Å²) < 4.78 is 33.4. The van der Waals surface area contributed by atoms with Crippen LogP contribution in [0.2, 0.25) is 0 Å². The van der Waals surface area contributed by atoms with Gasteiger partial charge in [-0.2, -0.15) is 0 Å². The van der Waals surface area contributed by atoms with Crippen LogP contribution in [0.1, 0.15) is 21.5 Å². The molecule has 0 unspecified atom stereocenters. The highest BCUT2D eigenvalue weighted by Gasteiger charge is 2.23. The number of nitro benzene ring substituents is 1. The molecule has 0 radical (unpaired) electrons. The second kappa shape index (κ2) is 9.06. The first-order chi connectivity index (χ1) is 15.1. The number of carbonyl (C=O) groups excluding carboxylic acids is 1. The zero-order valence-electron chi connectivity index (χ0n) is 17.6. The highest BCUT2D eigenvalue weighted by Crippen LogP contribution is 2.27. The molecule has 3 aromatic rings. The lowest BCUT2D eigenvalue weighted by Crippen LogP contribution is -2.17. The van der Waals surface area contributed by atoms with Crippen molar-refractivity contribution in [2.75, 3.05) is 17.1 Å². The first-order valence-corrected chi connectivity index (χ1v) is 10.9. The lowest BCUT2D eigenvalue weighted by Gasteiger charge is -2.13. The van der Waals surface area contributed by atoms with Gasteiger partial charge in [0.15, 0.2) is 0 Å². The highest BCUT2D eigenvalue weighted by atomic mass is 32.2. The van der Waals surface area contributed by atoms with Gasteiger partial charge in [-0.1, -0.05) is 18.2 Å². The van der Waals surface area contributed by atoms with E-state index in [2.05, 4.69) is 10.0 Å². The molecule has 0 heterocycles. The summed E-state index contributed by atoms with van der Waals surface area (Å²) in [5, 5.41) is 13.9. The number of hydrogen-bond donors (Lipinski definition) is 2. The minimum Gasteiger partial charge on any atom is -0.497 e. The van der Waals surface area contributed by atoms with E-state index in [1.54, 1.807) is 43.3 Å². The summed E-state index contributed by atoms with van der Waals surface area (Å²) in [6, 6.07) is 15.2. The standard InChI is InChI=1S/C22H21N3O6S/c1-14-7-8-17(23-22(26)19-6-4-5-15(2)21(19)25(27)28)13-20(14)32(29,30)24-16-9-11-18(31-3)12-10-16/h4-13,24H,1-3H3,(H,23,26). The lowest BCUT2D eigenvalue weighted by atomic mass is 10.1. The summed E-state index contributed by atoms with van der Waals surface area (Å²) in [6.07, 6.45) is 0. The lowest BCUT2D eigenvalue weighted by molar-refractivity contribution is -0.385. The Bertz CT molecular complexity index is 1290. The van der Waals surface area contributed by atoms with Gasteiger partial charge in [0.25, 0.3) is 21.6 Å². The molecular formula is C22H21N3O6S. The quantitative estimate of drug-likeness (QED) is 0.404. The van der Waals surface area contributed by atoms with Crippen LogP contribution in [0.4, 0.5) is 17.1 Å². The van der Waals surface area contributed by atoms with Crippen LogP contribution < -0.4 is 14.8 Å². The van der Waals surface area contributed by atoms with Crippen LogP contribution in [0.25, 0.3) is 0 Å². The number of nitrogens with one attached hydrogen (secondary N) is 2. The second-order valence-electron chi connectivity index (χ2n) is 7.00. The number of hydrogen-bond acceptors (Lipinski definition) is 6. The molecule has 32 heavy (non-hydrogen) atoms. The monoisotopic (exact) mass is 455 g/mol. The van der Waals surface area contributed by atoms with Gasteiger partial charge in [0.05, 0.1) is 16.9 Å². The summed E-state index contributed by atoms with van der Waals surface area (Å²) in [7, 11) is -2.46. The van der Waals surface area contributed by atoms with Crippen LogP contribution in [0, 0.1) is 24.0 Å². The Balaban J connectivity index is 1.89. The fourth-order valence-electron chi connectivity index (χ4n) is 3.12. The van der Waals surface area contributed by atoms with Crippen LogP contribution in [0.5, 0.6) is 5.75 Å². The number of amides is 1. The topological polar surface area (TPSA) is 128 Å². The zero-order valence-corrected chi connectivity index (χ0v) is 18.4. The minimum absolute atomic E-state index is 0.0372. The van der Waals surface area contributed by atoms with Crippen LogP contribution in [-0.2, 0) is 10.0 Å². The van der Waals surface area contributed by atoms with E-state index in [0.717, 1.165) is 0 Å². The van der Waals surface area contributed by atoms with Gasteiger partial charge >= 0.3 is 0 Å². The third-order valence-electron chi connectivity index (χ3n) is 4.74. The molecular weight excluding hydrogens is 434 g/mol. The van der Waals surface area contributed by atoms with Crippen molar-refractivity contribution < 1.29 is 22.9 Å². The maximum atomic E-state index is 12.9. The molecule has 0 aliphatic carbocycles. The Labute approximate surface area is 185 Å². The van der Waals surface area contributed by atoms with Crippen molar-refractivity contribution in [3.05, 3.63) is 87.5 Å². The Kier molecular flexibility index (Phi) is 6.45. The predicted molar refractivity (Wildman–Crippen MR) is 121 cm³/mol. The summed E-state index contributed by atoms with van der Waals surface area (Å²) in [4.78, 5) is 23.4. The van der Waals surface area contributed by atoms with Gasteiger partial charge in [-0.05, 0) is 61.9 Å². The Morgan fingerprint density at radius 1 is 0.969 bits per heavy atom. The number of carbonyl (C=O) groups is 1. The number of aryl methyl sites for hydroxylation is 2. The van der Waals surface area contributed by atoms with Crippen LogP contribution in [-0.4, -0.2) is 26.4 Å². The van der Waals surface area contributed by atoms with Crippen molar-refractivity contribution in [1.29, 1.82) is 0 Å². The molecule has 2 N–H and O–H groups in total. The van der Waals surface area contributed by atoms with E-state index < -0.39 is 20.9 Å². The number of benzene rings is 3. The van der Waals surface area contributed by atoms with Crippen LogP contribution >= 0.6 is 0 Å². The molecule has 0 bridgehead atoms. The van der Waals surface area contributed by atoms with Gasteiger partial charge < -0.3 is 10.1 Å². The largest absolute Gasteiger partial charge is 0.497 e. The van der Waals surface area contributed by atoms with Gasteiger partial charge in [-0.25, -0.2) is 8.42 Å². The van der Waals surface area contributed by atoms with E-state index in [-0.39, 0.29) is 21.8 Å². The van der Waals surface area contributed by atoms with Crippen molar-refractivity contribution >= 4 is 33.0 Å². The van der Waals surface area contributed by atoms with Gasteiger partial charge in [0.1, 0.15) is 11.3 Å². The summed E-state index contributed by atoms with van der Waals surface area (Å²) in [6.45, 7) is 3.16. The average molecular weight is 455 g/mol. The molecule has 0 fully saturated rings. The minimum atomic E-state index is -3.97.